The van der Waals surface area contributed by atoms with Gasteiger partial charge in [-0.3, -0.25) is 4.79 Å². The van der Waals surface area contributed by atoms with Crippen LogP contribution in [0.2, 0.25) is 0 Å². The van der Waals surface area contributed by atoms with Gasteiger partial charge in [0, 0.05) is 30.8 Å². The third kappa shape index (κ3) is 5.06. The molecule has 0 saturated carbocycles. The molecule has 0 unspecified atom stereocenters. The van der Waals surface area contributed by atoms with Crippen LogP contribution in [0.1, 0.15) is 26.3 Å². The van der Waals surface area contributed by atoms with Gasteiger partial charge in [0.25, 0.3) is 5.91 Å². The zero-order valence-electron chi connectivity index (χ0n) is 14.5. The lowest BCUT2D eigenvalue weighted by molar-refractivity contribution is 0.0600. The zero-order chi connectivity index (χ0) is 18.4. The van der Waals surface area contributed by atoms with Crippen LogP contribution in [0.5, 0.6) is 0 Å². The van der Waals surface area contributed by atoms with E-state index in [2.05, 4.69) is 26.0 Å². The molecule has 0 aliphatic rings. The Bertz CT molecular complexity index is 758. The molecule has 0 fully saturated rings. The van der Waals surface area contributed by atoms with Crippen molar-refractivity contribution in [2.24, 2.45) is 0 Å². The predicted molar refractivity (Wildman–Crippen MR) is 102 cm³/mol. The number of esters is 1. The number of hydrogen-bond acceptors (Lipinski definition) is 4. The topological polar surface area (TPSA) is 58.6 Å². The zero-order valence-corrected chi connectivity index (χ0v) is 16.1. The third-order valence-corrected chi connectivity index (χ3v) is 4.25. The van der Waals surface area contributed by atoms with Gasteiger partial charge in [-0.2, -0.15) is 0 Å². The number of carbonyl (C=O) groups is 2. The van der Waals surface area contributed by atoms with Gasteiger partial charge in [-0.15, -0.1) is 0 Å². The third-order valence-electron chi connectivity index (χ3n) is 3.76. The Kier molecular flexibility index (Phi) is 6.58. The molecular weight excluding hydrogens is 384 g/mol. The van der Waals surface area contributed by atoms with Crippen molar-refractivity contribution < 1.29 is 14.3 Å². The molecule has 2 aromatic carbocycles. The van der Waals surface area contributed by atoms with Gasteiger partial charge in [-0.1, -0.05) is 28.1 Å². The number of rotatable bonds is 6. The van der Waals surface area contributed by atoms with E-state index in [-0.39, 0.29) is 11.9 Å². The minimum Gasteiger partial charge on any atom is -0.465 e. The van der Waals surface area contributed by atoms with Crippen LogP contribution < -0.4 is 10.2 Å². The van der Waals surface area contributed by atoms with E-state index in [1.807, 2.05) is 49.3 Å². The molecule has 1 N–H and O–H groups in total. The molecule has 0 radical (unpaired) electrons. The molecule has 0 aliphatic heterocycles. The highest BCUT2D eigenvalue weighted by atomic mass is 79.9. The maximum absolute atomic E-state index is 12.5. The molecule has 0 bridgehead atoms. The number of nitrogens with zero attached hydrogens (tertiary/aromatic N) is 1. The van der Waals surface area contributed by atoms with E-state index in [9.17, 15) is 9.59 Å². The highest BCUT2D eigenvalue weighted by Crippen LogP contribution is 2.23. The lowest BCUT2D eigenvalue weighted by Gasteiger charge is -2.17. The number of anilines is 1. The summed E-state index contributed by atoms with van der Waals surface area (Å²) in [5, 5.41) is 2.94. The Morgan fingerprint density at radius 3 is 2.40 bits per heavy atom. The second-order valence-electron chi connectivity index (χ2n) is 5.75. The van der Waals surface area contributed by atoms with Gasteiger partial charge in [0.05, 0.1) is 18.2 Å². The summed E-state index contributed by atoms with van der Waals surface area (Å²) in [5.41, 5.74) is 3.04. The number of halogens is 1. The first-order chi connectivity index (χ1) is 11.9. The highest BCUT2D eigenvalue weighted by Gasteiger charge is 2.13. The summed E-state index contributed by atoms with van der Waals surface area (Å²) in [6, 6.07) is 12.8. The Labute approximate surface area is 156 Å². The quantitative estimate of drug-likeness (QED) is 0.750. The largest absolute Gasteiger partial charge is 0.465 e. The summed E-state index contributed by atoms with van der Waals surface area (Å²) < 4.78 is 5.54. The van der Waals surface area contributed by atoms with Crippen molar-refractivity contribution in [3.63, 3.8) is 0 Å². The van der Waals surface area contributed by atoms with Crippen LogP contribution >= 0.6 is 15.9 Å². The minimum absolute atomic E-state index is 0.115. The van der Waals surface area contributed by atoms with Gasteiger partial charge in [0.1, 0.15) is 0 Å². The van der Waals surface area contributed by atoms with Crippen molar-refractivity contribution in [3.05, 3.63) is 63.6 Å². The standard InChI is InChI=1S/C19H21BrN2O3/c1-22(2)17-9-8-15(20)12-16(17)18(23)21-11-10-13-4-6-14(7-5-13)19(24)25-3/h4-9,12H,10-11H2,1-3H3,(H,21,23). The van der Waals surface area contributed by atoms with E-state index in [0.29, 0.717) is 24.1 Å². The maximum atomic E-state index is 12.5. The fourth-order valence-corrected chi connectivity index (χ4v) is 2.78. The maximum Gasteiger partial charge on any atom is 0.337 e. The first-order valence-corrected chi connectivity index (χ1v) is 8.64. The molecule has 2 aromatic rings. The summed E-state index contributed by atoms with van der Waals surface area (Å²) in [6.07, 6.45) is 0.679. The average Bonchev–Trinajstić information content (AvgIpc) is 2.61. The fraction of sp³-hybridized carbons (Fsp3) is 0.263. The number of nitrogens with one attached hydrogen (secondary N) is 1. The number of methoxy groups -OCH3 is 1. The van der Waals surface area contributed by atoms with E-state index in [1.54, 1.807) is 12.1 Å². The van der Waals surface area contributed by atoms with E-state index in [0.717, 1.165) is 15.7 Å². The Hall–Kier alpha value is -2.34. The van der Waals surface area contributed by atoms with Crippen LogP contribution in [-0.2, 0) is 11.2 Å². The molecule has 0 saturated heterocycles. The van der Waals surface area contributed by atoms with Crippen molar-refractivity contribution in [3.8, 4) is 0 Å². The second-order valence-corrected chi connectivity index (χ2v) is 6.67. The highest BCUT2D eigenvalue weighted by molar-refractivity contribution is 9.10. The lowest BCUT2D eigenvalue weighted by Crippen LogP contribution is -2.27. The number of ether oxygens (including phenoxy) is 1. The Morgan fingerprint density at radius 2 is 1.80 bits per heavy atom. The molecule has 5 nitrogen and oxygen atoms in total. The summed E-state index contributed by atoms with van der Waals surface area (Å²) >= 11 is 3.41. The van der Waals surface area contributed by atoms with Gasteiger partial charge in [-0.05, 0) is 42.3 Å². The predicted octanol–water partition coefficient (Wildman–Crippen LogP) is 3.27. The van der Waals surface area contributed by atoms with Crippen LogP contribution in [0.15, 0.2) is 46.9 Å². The van der Waals surface area contributed by atoms with Crippen molar-refractivity contribution >= 4 is 33.5 Å². The molecule has 132 valence electrons. The molecule has 0 atom stereocenters. The normalized spacial score (nSPS) is 10.2. The van der Waals surface area contributed by atoms with Gasteiger partial charge in [-0.25, -0.2) is 4.79 Å². The number of amides is 1. The van der Waals surface area contributed by atoms with Crippen molar-refractivity contribution in [2.75, 3.05) is 32.6 Å². The molecule has 2 rings (SSSR count). The molecular formula is C19H21BrN2O3. The molecule has 25 heavy (non-hydrogen) atoms. The van der Waals surface area contributed by atoms with Crippen LogP contribution in [0.4, 0.5) is 5.69 Å². The SMILES string of the molecule is COC(=O)c1ccc(CCNC(=O)c2cc(Br)ccc2N(C)C)cc1. The molecule has 1 amide bonds. The van der Waals surface area contributed by atoms with Crippen molar-refractivity contribution in [1.82, 2.24) is 5.32 Å². The second kappa shape index (κ2) is 8.67. The summed E-state index contributed by atoms with van der Waals surface area (Å²) in [6.45, 7) is 0.510. The molecule has 0 heterocycles. The van der Waals surface area contributed by atoms with E-state index < -0.39 is 0 Å². The number of hydrogen-bond donors (Lipinski definition) is 1. The Morgan fingerprint density at radius 1 is 1.12 bits per heavy atom. The molecule has 0 aromatic heterocycles. The first kappa shape index (κ1) is 19.0. The minimum atomic E-state index is -0.356. The van der Waals surface area contributed by atoms with Crippen LogP contribution in [0, 0.1) is 0 Å². The first-order valence-electron chi connectivity index (χ1n) is 7.84. The van der Waals surface area contributed by atoms with Gasteiger partial charge in [0.2, 0.25) is 0 Å². The van der Waals surface area contributed by atoms with Gasteiger partial charge < -0.3 is 15.0 Å². The molecule has 0 spiro atoms. The fourth-order valence-electron chi connectivity index (χ4n) is 2.42. The number of carbonyl (C=O) groups excluding carboxylic acids is 2. The average molecular weight is 405 g/mol. The van der Waals surface area contributed by atoms with Crippen LogP contribution in [0.3, 0.4) is 0 Å². The summed E-state index contributed by atoms with van der Waals surface area (Å²) in [7, 11) is 5.17. The lowest BCUT2D eigenvalue weighted by atomic mass is 10.1. The monoisotopic (exact) mass is 404 g/mol. The van der Waals surface area contributed by atoms with E-state index >= 15 is 0 Å². The van der Waals surface area contributed by atoms with Crippen LogP contribution in [-0.4, -0.2) is 39.6 Å². The van der Waals surface area contributed by atoms with E-state index in [1.165, 1.54) is 7.11 Å². The van der Waals surface area contributed by atoms with Crippen molar-refractivity contribution in [1.29, 1.82) is 0 Å². The summed E-state index contributed by atoms with van der Waals surface area (Å²) in [4.78, 5) is 25.8. The van der Waals surface area contributed by atoms with Crippen molar-refractivity contribution in [2.45, 2.75) is 6.42 Å². The van der Waals surface area contributed by atoms with Crippen LogP contribution in [0.25, 0.3) is 0 Å². The smallest absolute Gasteiger partial charge is 0.337 e. The molecule has 0 aliphatic carbocycles. The number of benzene rings is 2. The Balaban J connectivity index is 1.97. The summed E-state index contributed by atoms with van der Waals surface area (Å²) in [5.74, 6) is -0.470. The molecule has 6 heteroatoms. The van der Waals surface area contributed by atoms with Gasteiger partial charge >= 0.3 is 5.97 Å². The van der Waals surface area contributed by atoms with Gasteiger partial charge in [0.15, 0.2) is 0 Å². The van der Waals surface area contributed by atoms with E-state index in [4.69, 9.17) is 0 Å².